The van der Waals surface area contributed by atoms with Crippen molar-refractivity contribution in [1.82, 2.24) is 4.98 Å². The smallest absolute Gasteiger partial charge is 0.337 e. The summed E-state index contributed by atoms with van der Waals surface area (Å²) in [5.41, 5.74) is 1.54. The Balaban J connectivity index is 2.01. The van der Waals surface area contributed by atoms with E-state index in [0.717, 1.165) is 5.56 Å². The zero-order valence-electron chi connectivity index (χ0n) is 10.5. The quantitative estimate of drug-likeness (QED) is 0.922. The molecule has 6 heteroatoms. The minimum Gasteiger partial charge on any atom is -0.478 e. The fourth-order valence-electron chi connectivity index (χ4n) is 1.64. The van der Waals surface area contributed by atoms with Crippen molar-refractivity contribution < 1.29 is 14.1 Å². The summed E-state index contributed by atoms with van der Waals surface area (Å²) in [6.45, 7) is 0. The first-order valence-electron chi connectivity index (χ1n) is 5.83. The average Bonchev–Trinajstić information content (AvgIpc) is 2.42. The van der Waals surface area contributed by atoms with Gasteiger partial charge in [0.2, 0.25) is 0 Å². The fraction of sp³-hybridized carbons (Fsp3) is 0.143. The average molecular weight is 310 g/mol. The number of hydrogen-bond acceptors (Lipinski definition) is 3. The van der Waals surface area contributed by atoms with Gasteiger partial charge in [-0.15, -0.1) is 0 Å². The zero-order valence-corrected chi connectivity index (χ0v) is 12.0. The molecule has 0 amide bonds. The highest BCUT2D eigenvalue weighted by Crippen LogP contribution is 2.17. The van der Waals surface area contributed by atoms with E-state index < -0.39 is 16.8 Å². The Bertz CT molecular complexity index is 643. The van der Waals surface area contributed by atoms with Gasteiger partial charge in [-0.25, -0.2) is 4.79 Å². The third-order valence-corrected chi connectivity index (χ3v) is 4.27. The molecule has 1 unspecified atom stereocenters. The molecule has 20 heavy (non-hydrogen) atoms. The number of benzene rings is 1. The molecule has 0 radical (unpaired) electrons. The second kappa shape index (κ2) is 6.63. The Morgan fingerprint density at radius 1 is 1.20 bits per heavy atom. The highest BCUT2D eigenvalue weighted by molar-refractivity contribution is 7.83. The van der Waals surface area contributed by atoms with Crippen molar-refractivity contribution in [3.8, 4) is 0 Å². The molecule has 1 atom stereocenters. The van der Waals surface area contributed by atoms with Gasteiger partial charge in [-0.2, -0.15) is 0 Å². The Hall–Kier alpha value is -1.72. The van der Waals surface area contributed by atoms with Gasteiger partial charge in [-0.3, -0.25) is 9.19 Å². The molecule has 1 aromatic carbocycles. The van der Waals surface area contributed by atoms with Gasteiger partial charge < -0.3 is 5.11 Å². The maximum Gasteiger partial charge on any atom is 0.337 e. The normalized spacial score (nSPS) is 12.1. The summed E-state index contributed by atoms with van der Waals surface area (Å²) >= 11 is 6.01. The van der Waals surface area contributed by atoms with Crippen LogP contribution in [0.4, 0.5) is 0 Å². The summed E-state index contributed by atoms with van der Waals surface area (Å²) in [5, 5.41) is 9.36. The second-order valence-corrected chi connectivity index (χ2v) is 6.03. The van der Waals surface area contributed by atoms with Crippen LogP contribution in [0.2, 0.25) is 5.02 Å². The van der Waals surface area contributed by atoms with Crippen LogP contribution in [-0.2, 0) is 22.3 Å². The van der Waals surface area contributed by atoms with E-state index >= 15 is 0 Å². The molecule has 104 valence electrons. The van der Waals surface area contributed by atoms with Crippen LogP contribution < -0.4 is 0 Å². The molecule has 0 fully saturated rings. The van der Waals surface area contributed by atoms with E-state index in [1.165, 1.54) is 12.3 Å². The van der Waals surface area contributed by atoms with Crippen LogP contribution in [0.3, 0.4) is 0 Å². The molecular formula is C14H12ClNO3S. The number of hydrogen-bond donors (Lipinski definition) is 1. The van der Waals surface area contributed by atoms with Gasteiger partial charge in [0.1, 0.15) is 0 Å². The van der Waals surface area contributed by atoms with E-state index in [2.05, 4.69) is 4.98 Å². The van der Waals surface area contributed by atoms with Crippen molar-refractivity contribution in [3.63, 3.8) is 0 Å². The third kappa shape index (κ3) is 3.88. The summed E-state index contributed by atoms with van der Waals surface area (Å²) in [4.78, 5) is 14.7. The predicted molar refractivity (Wildman–Crippen MR) is 78.2 cm³/mol. The van der Waals surface area contributed by atoms with E-state index in [9.17, 15) is 9.00 Å². The molecule has 0 aliphatic heterocycles. The molecule has 0 saturated heterocycles. The second-order valence-electron chi connectivity index (χ2n) is 4.16. The molecule has 0 spiro atoms. The van der Waals surface area contributed by atoms with Gasteiger partial charge in [-0.05, 0) is 23.8 Å². The lowest BCUT2D eigenvalue weighted by molar-refractivity contribution is 0.0696. The molecule has 1 N–H and O–H groups in total. The van der Waals surface area contributed by atoms with Gasteiger partial charge in [0, 0.05) is 22.0 Å². The van der Waals surface area contributed by atoms with Crippen LogP contribution in [0.25, 0.3) is 0 Å². The highest BCUT2D eigenvalue weighted by Gasteiger charge is 2.08. The number of rotatable bonds is 5. The van der Waals surface area contributed by atoms with Crippen LogP contribution in [0.1, 0.15) is 21.6 Å². The molecule has 0 aliphatic rings. The minimum atomic E-state index is -1.14. The van der Waals surface area contributed by atoms with Crippen molar-refractivity contribution in [2.45, 2.75) is 11.5 Å². The molecule has 0 aliphatic carbocycles. The van der Waals surface area contributed by atoms with Crippen LogP contribution in [0.5, 0.6) is 0 Å². The lowest BCUT2D eigenvalue weighted by atomic mass is 10.2. The van der Waals surface area contributed by atoms with Crippen molar-refractivity contribution in [1.29, 1.82) is 0 Å². The largest absolute Gasteiger partial charge is 0.478 e. The summed E-state index contributed by atoms with van der Waals surface area (Å²) in [6.07, 6.45) is 1.27. The number of pyridine rings is 1. The monoisotopic (exact) mass is 309 g/mol. The first-order chi connectivity index (χ1) is 9.56. The van der Waals surface area contributed by atoms with Gasteiger partial charge in [0.05, 0.1) is 22.8 Å². The van der Waals surface area contributed by atoms with E-state index in [-0.39, 0.29) is 11.3 Å². The van der Waals surface area contributed by atoms with Gasteiger partial charge >= 0.3 is 5.97 Å². The SMILES string of the molecule is O=C(O)c1ccc(CS(=O)Cc2ccccc2Cl)nc1. The van der Waals surface area contributed by atoms with E-state index in [1.807, 2.05) is 18.2 Å². The first kappa shape index (κ1) is 14.7. The Morgan fingerprint density at radius 3 is 2.55 bits per heavy atom. The number of halogens is 1. The standard InChI is InChI=1S/C14H12ClNO3S/c15-13-4-2-1-3-11(13)8-20(19)9-12-6-5-10(7-16-12)14(17)18/h1-7H,8-9H2,(H,17,18). The summed E-state index contributed by atoms with van der Waals surface area (Å²) in [6, 6.07) is 10.3. The van der Waals surface area contributed by atoms with Crippen LogP contribution in [0, 0.1) is 0 Å². The van der Waals surface area contributed by atoms with Crippen molar-refractivity contribution in [2.24, 2.45) is 0 Å². The van der Waals surface area contributed by atoms with Crippen molar-refractivity contribution in [3.05, 3.63) is 64.4 Å². The molecule has 2 aromatic rings. The molecule has 2 rings (SSSR count). The Kier molecular flexibility index (Phi) is 4.87. The maximum atomic E-state index is 12.0. The van der Waals surface area contributed by atoms with Crippen molar-refractivity contribution in [2.75, 3.05) is 0 Å². The van der Waals surface area contributed by atoms with Crippen molar-refractivity contribution >= 4 is 28.4 Å². The lowest BCUT2D eigenvalue weighted by Crippen LogP contribution is -2.03. The van der Waals surface area contributed by atoms with E-state index in [1.54, 1.807) is 12.1 Å². The highest BCUT2D eigenvalue weighted by atomic mass is 35.5. The van der Waals surface area contributed by atoms with Crippen LogP contribution in [0.15, 0.2) is 42.6 Å². The van der Waals surface area contributed by atoms with E-state index in [0.29, 0.717) is 16.5 Å². The number of carbonyl (C=O) groups is 1. The van der Waals surface area contributed by atoms with E-state index in [4.69, 9.17) is 16.7 Å². The Morgan fingerprint density at radius 2 is 1.95 bits per heavy atom. The molecule has 1 aromatic heterocycles. The fourth-order valence-corrected chi connectivity index (χ4v) is 3.12. The molecule has 4 nitrogen and oxygen atoms in total. The number of carboxylic acids is 1. The first-order valence-corrected chi connectivity index (χ1v) is 7.69. The summed E-state index contributed by atoms with van der Waals surface area (Å²) < 4.78 is 12.0. The topological polar surface area (TPSA) is 67.3 Å². The third-order valence-electron chi connectivity index (χ3n) is 2.65. The molecule has 0 saturated carbocycles. The molecular weight excluding hydrogens is 298 g/mol. The van der Waals surface area contributed by atoms with Crippen LogP contribution in [-0.4, -0.2) is 20.3 Å². The number of aromatic nitrogens is 1. The number of carboxylic acid groups (broad SMARTS) is 1. The molecule has 1 heterocycles. The predicted octanol–water partition coefficient (Wildman–Crippen LogP) is 2.88. The maximum absolute atomic E-state index is 12.0. The number of aromatic carboxylic acids is 1. The zero-order chi connectivity index (χ0) is 14.5. The summed E-state index contributed by atoms with van der Waals surface area (Å²) in [7, 11) is -1.14. The van der Waals surface area contributed by atoms with Gasteiger partial charge in [0.15, 0.2) is 0 Å². The minimum absolute atomic E-state index is 0.116. The number of nitrogens with zero attached hydrogens (tertiary/aromatic N) is 1. The Labute approximate surface area is 123 Å². The van der Waals surface area contributed by atoms with Gasteiger partial charge in [0.25, 0.3) is 0 Å². The molecule has 0 bridgehead atoms. The van der Waals surface area contributed by atoms with Crippen LogP contribution >= 0.6 is 11.6 Å². The van der Waals surface area contributed by atoms with Gasteiger partial charge in [-0.1, -0.05) is 29.8 Å². The summed E-state index contributed by atoms with van der Waals surface area (Å²) in [5.74, 6) is -0.408. The lowest BCUT2D eigenvalue weighted by Gasteiger charge is -2.04.